The Labute approximate surface area is 213 Å². The summed E-state index contributed by atoms with van der Waals surface area (Å²) in [5.41, 5.74) is 1.20. The van der Waals surface area contributed by atoms with E-state index >= 15 is 0 Å². The summed E-state index contributed by atoms with van der Waals surface area (Å²) in [6.45, 7) is 2.55. The molecule has 1 amide bonds. The van der Waals surface area contributed by atoms with Crippen LogP contribution >= 0.6 is 0 Å². The average Bonchev–Trinajstić information content (AvgIpc) is 2.88. The zero-order chi connectivity index (χ0) is 27.3. The second-order valence-corrected chi connectivity index (χ2v) is 9.85. The Morgan fingerprint density at radius 1 is 0.973 bits per heavy atom. The Morgan fingerprint density at radius 2 is 1.62 bits per heavy atom. The molecule has 0 saturated heterocycles. The van der Waals surface area contributed by atoms with E-state index < -0.39 is 33.4 Å². The number of ether oxygens (including phenoxy) is 2. The number of aryl methyl sites for hydroxylation is 2. The van der Waals surface area contributed by atoms with Crippen LogP contribution in [0.2, 0.25) is 0 Å². The van der Waals surface area contributed by atoms with Gasteiger partial charge in [0.1, 0.15) is 12.3 Å². The van der Waals surface area contributed by atoms with E-state index in [0.717, 1.165) is 10.4 Å². The highest BCUT2D eigenvalue weighted by Crippen LogP contribution is 2.29. The smallest absolute Gasteiger partial charge is 0.337 e. The molecular formula is C25H25N3O8S. The number of nitrogens with one attached hydrogen (secondary N) is 1. The summed E-state index contributed by atoms with van der Waals surface area (Å²) >= 11 is 0. The highest BCUT2D eigenvalue weighted by atomic mass is 32.2. The molecule has 3 aromatic rings. The van der Waals surface area contributed by atoms with Crippen molar-refractivity contribution in [2.24, 2.45) is 0 Å². The van der Waals surface area contributed by atoms with Gasteiger partial charge >= 0.3 is 5.97 Å². The first-order valence-corrected chi connectivity index (χ1v) is 12.3. The number of hydrogen-bond donors (Lipinski definition) is 1. The lowest BCUT2D eigenvalue weighted by molar-refractivity contribution is -0.385. The van der Waals surface area contributed by atoms with Gasteiger partial charge in [0.25, 0.3) is 15.7 Å². The molecule has 0 aromatic heterocycles. The van der Waals surface area contributed by atoms with E-state index in [9.17, 15) is 28.1 Å². The number of nitro groups is 1. The summed E-state index contributed by atoms with van der Waals surface area (Å²) in [5, 5.41) is 14.0. The Balaban J connectivity index is 2.01. The van der Waals surface area contributed by atoms with Gasteiger partial charge in [0.15, 0.2) is 0 Å². The Bertz CT molecular complexity index is 1450. The third-order valence-electron chi connectivity index (χ3n) is 5.55. The van der Waals surface area contributed by atoms with Crippen LogP contribution in [-0.4, -0.2) is 46.0 Å². The number of carbonyl (C=O) groups excluding carboxylic acids is 2. The maximum Gasteiger partial charge on any atom is 0.337 e. The number of anilines is 2. The summed E-state index contributed by atoms with van der Waals surface area (Å²) in [6.07, 6.45) is 0. The minimum Gasteiger partial charge on any atom is -0.497 e. The molecule has 0 aliphatic rings. The zero-order valence-corrected chi connectivity index (χ0v) is 21.4. The molecule has 0 saturated carbocycles. The van der Waals surface area contributed by atoms with Crippen molar-refractivity contribution >= 4 is 39.0 Å². The molecule has 0 heterocycles. The van der Waals surface area contributed by atoms with Crippen molar-refractivity contribution < 1.29 is 32.4 Å². The number of carbonyl (C=O) groups is 2. The van der Waals surface area contributed by atoms with Gasteiger partial charge in [0.2, 0.25) is 5.91 Å². The summed E-state index contributed by atoms with van der Waals surface area (Å²) in [4.78, 5) is 35.3. The van der Waals surface area contributed by atoms with Gasteiger partial charge in [-0.2, -0.15) is 0 Å². The minimum atomic E-state index is -4.42. The van der Waals surface area contributed by atoms with Crippen molar-refractivity contribution in [3.05, 3.63) is 87.5 Å². The fraction of sp³-hybridized carbons (Fsp3) is 0.200. The highest BCUT2D eigenvalue weighted by molar-refractivity contribution is 7.92. The van der Waals surface area contributed by atoms with Gasteiger partial charge in [-0.3, -0.25) is 19.2 Å². The van der Waals surface area contributed by atoms with Crippen LogP contribution in [0.1, 0.15) is 21.5 Å². The number of methoxy groups -OCH3 is 2. The van der Waals surface area contributed by atoms with Crippen LogP contribution in [0.15, 0.2) is 65.6 Å². The Kier molecular flexibility index (Phi) is 8.13. The largest absolute Gasteiger partial charge is 0.497 e. The SMILES string of the molecule is COC(=O)c1ccc(C)c(NC(=O)CN(c2ccc(OC)cc2)S(=O)(=O)c2ccc(C)c([N+](=O)[O-])c2)c1. The molecular weight excluding hydrogens is 502 g/mol. The summed E-state index contributed by atoms with van der Waals surface area (Å²) in [5.74, 6) is -0.836. The summed E-state index contributed by atoms with van der Waals surface area (Å²) in [6, 6.07) is 14.1. The van der Waals surface area contributed by atoms with Crippen molar-refractivity contribution in [3.8, 4) is 5.75 Å². The van der Waals surface area contributed by atoms with Gasteiger partial charge in [-0.15, -0.1) is 0 Å². The molecule has 3 aromatic carbocycles. The molecule has 0 fully saturated rings. The number of hydrogen-bond acceptors (Lipinski definition) is 8. The van der Waals surface area contributed by atoms with Crippen molar-refractivity contribution in [1.82, 2.24) is 0 Å². The monoisotopic (exact) mass is 527 g/mol. The highest BCUT2D eigenvalue weighted by Gasteiger charge is 2.29. The lowest BCUT2D eigenvalue weighted by Crippen LogP contribution is -2.38. The molecule has 0 radical (unpaired) electrons. The van der Waals surface area contributed by atoms with Crippen molar-refractivity contribution in [2.75, 3.05) is 30.4 Å². The maximum atomic E-state index is 13.6. The van der Waals surface area contributed by atoms with Gasteiger partial charge < -0.3 is 14.8 Å². The normalized spacial score (nSPS) is 10.9. The van der Waals surface area contributed by atoms with Gasteiger partial charge in [-0.25, -0.2) is 13.2 Å². The van der Waals surface area contributed by atoms with Gasteiger partial charge in [-0.1, -0.05) is 12.1 Å². The second-order valence-electron chi connectivity index (χ2n) is 7.98. The topological polar surface area (TPSA) is 145 Å². The lowest BCUT2D eigenvalue weighted by atomic mass is 10.1. The minimum absolute atomic E-state index is 0.138. The van der Waals surface area contributed by atoms with E-state index in [1.165, 1.54) is 69.7 Å². The number of benzene rings is 3. The van der Waals surface area contributed by atoms with E-state index in [-0.39, 0.29) is 21.8 Å². The fourth-order valence-corrected chi connectivity index (χ4v) is 4.90. The van der Waals surface area contributed by atoms with Crippen molar-refractivity contribution in [2.45, 2.75) is 18.7 Å². The number of esters is 1. The first-order chi connectivity index (χ1) is 17.5. The maximum absolute atomic E-state index is 13.6. The van der Waals surface area contributed by atoms with Crippen LogP contribution in [0.25, 0.3) is 0 Å². The van der Waals surface area contributed by atoms with Crippen molar-refractivity contribution in [3.63, 3.8) is 0 Å². The third-order valence-corrected chi connectivity index (χ3v) is 7.32. The first kappa shape index (κ1) is 27.1. The third kappa shape index (κ3) is 6.04. The van der Waals surface area contributed by atoms with Crippen LogP contribution in [-0.2, 0) is 19.6 Å². The molecule has 0 aliphatic carbocycles. The van der Waals surface area contributed by atoms with Crippen LogP contribution < -0.4 is 14.4 Å². The Hall–Kier alpha value is -4.45. The number of sulfonamides is 1. The quantitative estimate of drug-likeness (QED) is 0.251. The van der Waals surface area contributed by atoms with E-state index in [1.54, 1.807) is 13.0 Å². The van der Waals surface area contributed by atoms with Crippen LogP contribution in [0.4, 0.5) is 17.1 Å². The van der Waals surface area contributed by atoms with E-state index in [4.69, 9.17) is 9.47 Å². The van der Waals surface area contributed by atoms with E-state index in [2.05, 4.69) is 5.32 Å². The second kappa shape index (κ2) is 11.1. The summed E-state index contributed by atoms with van der Waals surface area (Å²) < 4.78 is 38.0. The van der Waals surface area contributed by atoms with Crippen LogP contribution in [0, 0.1) is 24.0 Å². The predicted molar refractivity (Wildman–Crippen MR) is 137 cm³/mol. The molecule has 0 unspecified atom stereocenters. The molecule has 0 spiro atoms. The zero-order valence-electron chi connectivity index (χ0n) is 20.5. The predicted octanol–water partition coefficient (Wildman–Crippen LogP) is 3.84. The van der Waals surface area contributed by atoms with E-state index in [0.29, 0.717) is 22.6 Å². The fourth-order valence-electron chi connectivity index (χ4n) is 3.46. The molecule has 11 nitrogen and oxygen atoms in total. The van der Waals surface area contributed by atoms with Crippen molar-refractivity contribution in [1.29, 1.82) is 0 Å². The van der Waals surface area contributed by atoms with Gasteiger partial charge in [0, 0.05) is 17.3 Å². The lowest BCUT2D eigenvalue weighted by Gasteiger charge is -2.24. The Morgan fingerprint density at radius 3 is 2.22 bits per heavy atom. The number of nitro benzene ring substituents is 1. The van der Waals surface area contributed by atoms with Crippen LogP contribution in [0.3, 0.4) is 0 Å². The van der Waals surface area contributed by atoms with E-state index in [1.807, 2.05) is 0 Å². The number of nitrogens with zero attached hydrogens (tertiary/aromatic N) is 2. The molecule has 0 bridgehead atoms. The number of rotatable bonds is 9. The standard InChI is InChI=1S/C25H25N3O8S/c1-16-5-7-18(25(30)36-4)13-22(16)26-24(29)15-27(19-8-10-20(35-3)11-9-19)37(33,34)21-12-6-17(2)23(14-21)28(31)32/h5-14H,15H2,1-4H3,(H,26,29). The first-order valence-electron chi connectivity index (χ1n) is 10.9. The molecule has 37 heavy (non-hydrogen) atoms. The molecule has 194 valence electrons. The number of amides is 1. The average molecular weight is 528 g/mol. The van der Waals surface area contributed by atoms with Gasteiger partial charge in [0.05, 0.1) is 35.3 Å². The molecule has 12 heteroatoms. The summed E-state index contributed by atoms with van der Waals surface area (Å²) in [7, 11) is -1.74. The molecule has 3 rings (SSSR count). The van der Waals surface area contributed by atoms with Crippen LogP contribution in [0.5, 0.6) is 5.75 Å². The molecule has 1 N–H and O–H groups in total. The molecule has 0 atom stereocenters. The van der Waals surface area contributed by atoms with Gasteiger partial charge in [-0.05, 0) is 61.9 Å². The molecule has 0 aliphatic heterocycles.